The molecule has 0 saturated heterocycles. The first kappa shape index (κ1) is 11.8. The summed E-state index contributed by atoms with van der Waals surface area (Å²) in [6, 6.07) is 6.48. The van der Waals surface area contributed by atoms with E-state index in [1.165, 1.54) is 12.1 Å². The van der Waals surface area contributed by atoms with Crippen LogP contribution in [-0.4, -0.2) is 14.8 Å². The topological polar surface area (TPSA) is 30.7 Å². The zero-order valence-corrected chi connectivity index (χ0v) is 10.3. The van der Waals surface area contributed by atoms with Gasteiger partial charge in [-0.1, -0.05) is 12.1 Å². The van der Waals surface area contributed by atoms with Gasteiger partial charge in [-0.2, -0.15) is 0 Å². The Morgan fingerprint density at radius 3 is 2.41 bits per heavy atom. The number of hydrogen-bond acceptors (Lipinski definition) is 2. The molecule has 90 valence electrons. The molecule has 0 aliphatic heterocycles. The molecule has 0 spiro atoms. The van der Waals surface area contributed by atoms with E-state index in [-0.39, 0.29) is 11.4 Å². The molecule has 0 saturated carbocycles. The van der Waals surface area contributed by atoms with Crippen molar-refractivity contribution < 1.29 is 4.39 Å². The van der Waals surface area contributed by atoms with Crippen molar-refractivity contribution >= 4 is 0 Å². The van der Waals surface area contributed by atoms with E-state index in [1.807, 2.05) is 4.57 Å². The highest BCUT2D eigenvalue weighted by atomic mass is 19.1. The fourth-order valence-corrected chi connectivity index (χ4v) is 1.72. The van der Waals surface area contributed by atoms with Gasteiger partial charge in [-0.05, 0) is 38.5 Å². The quantitative estimate of drug-likeness (QED) is 0.798. The first-order valence-corrected chi connectivity index (χ1v) is 5.60. The van der Waals surface area contributed by atoms with Gasteiger partial charge in [-0.15, -0.1) is 10.2 Å². The minimum atomic E-state index is -0.217. The SMILES string of the molecule is CC(C)(C)n1cnnc1Cc1ccc(F)cc1. The maximum Gasteiger partial charge on any atom is 0.137 e. The number of rotatable bonds is 2. The number of benzene rings is 1. The van der Waals surface area contributed by atoms with Gasteiger partial charge in [0.25, 0.3) is 0 Å². The van der Waals surface area contributed by atoms with E-state index in [2.05, 4.69) is 31.0 Å². The van der Waals surface area contributed by atoms with Crippen LogP contribution in [-0.2, 0) is 12.0 Å². The summed E-state index contributed by atoms with van der Waals surface area (Å²) in [7, 11) is 0. The van der Waals surface area contributed by atoms with Crippen LogP contribution < -0.4 is 0 Å². The van der Waals surface area contributed by atoms with Crippen molar-refractivity contribution in [2.45, 2.75) is 32.7 Å². The summed E-state index contributed by atoms with van der Waals surface area (Å²) in [5, 5.41) is 8.06. The lowest BCUT2D eigenvalue weighted by Crippen LogP contribution is -2.23. The van der Waals surface area contributed by atoms with Crippen molar-refractivity contribution in [1.82, 2.24) is 14.8 Å². The lowest BCUT2D eigenvalue weighted by molar-refractivity contribution is 0.384. The van der Waals surface area contributed by atoms with E-state index in [0.29, 0.717) is 6.42 Å². The Labute approximate surface area is 100 Å². The van der Waals surface area contributed by atoms with Gasteiger partial charge in [0.05, 0.1) is 0 Å². The third kappa shape index (κ3) is 2.70. The van der Waals surface area contributed by atoms with Crippen molar-refractivity contribution in [2.75, 3.05) is 0 Å². The second-order valence-electron chi connectivity index (χ2n) is 5.09. The number of aromatic nitrogens is 3. The Morgan fingerprint density at radius 1 is 1.18 bits per heavy atom. The highest BCUT2D eigenvalue weighted by molar-refractivity contribution is 5.20. The lowest BCUT2D eigenvalue weighted by atomic mass is 10.1. The molecule has 0 fully saturated rings. The average Bonchev–Trinajstić information content (AvgIpc) is 2.69. The minimum absolute atomic E-state index is 0.0428. The molecule has 0 aliphatic carbocycles. The number of nitrogens with zero attached hydrogens (tertiary/aromatic N) is 3. The van der Waals surface area contributed by atoms with Gasteiger partial charge in [0.2, 0.25) is 0 Å². The molecule has 2 aromatic rings. The monoisotopic (exact) mass is 233 g/mol. The van der Waals surface area contributed by atoms with Gasteiger partial charge in [0.15, 0.2) is 0 Å². The molecular formula is C13H16FN3. The van der Waals surface area contributed by atoms with Crippen LogP contribution in [0.15, 0.2) is 30.6 Å². The van der Waals surface area contributed by atoms with E-state index in [9.17, 15) is 4.39 Å². The van der Waals surface area contributed by atoms with Gasteiger partial charge >= 0.3 is 0 Å². The van der Waals surface area contributed by atoms with Gasteiger partial charge < -0.3 is 4.57 Å². The second-order valence-corrected chi connectivity index (χ2v) is 5.09. The molecule has 4 heteroatoms. The zero-order valence-electron chi connectivity index (χ0n) is 10.3. The summed E-state index contributed by atoms with van der Waals surface area (Å²) in [6.07, 6.45) is 2.40. The van der Waals surface area contributed by atoms with Crippen molar-refractivity contribution in [3.63, 3.8) is 0 Å². The van der Waals surface area contributed by atoms with Gasteiger partial charge in [-0.25, -0.2) is 4.39 Å². The average molecular weight is 233 g/mol. The smallest absolute Gasteiger partial charge is 0.137 e. The normalized spacial score (nSPS) is 11.8. The van der Waals surface area contributed by atoms with E-state index in [1.54, 1.807) is 18.5 Å². The van der Waals surface area contributed by atoms with Crippen LogP contribution in [0.4, 0.5) is 4.39 Å². The molecule has 1 aromatic heterocycles. The molecule has 0 bridgehead atoms. The van der Waals surface area contributed by atoms with Crippen LogP contribution in [0.5, 0.6) is 0 Å². The van der Waals surface area contributed by atoms with E-state index < -0.39 is 0 Å². The third-order valence-corrected chi connectivity index (χ3v) is 2.62. The maximum absolute atomic E-state index is 12.8. The Bertz CT molecular complexity index is 494. The van der Waals surface area contributed by atoms with Crippen LogP contribution >= 0.6 is 0 Å². The predicted octanol–water partition coefficient (Wildman–Crippen LogP) is 2.76. The molecule has 0 atom stereocenters. The maximum atomic E-state index is 12.8. The van der Waals surface area contributed by atoms with Crippen molar-refractivity contribution in [2.24, 2.45) is 0 Å². The van der Waals surface area contributed by atoms with E-state index >= 15 is 0 Å². The largest absolute Gasteiger partial charge is 0.312 e. The van der Waals surface area contributed by atoms with Crippen molar-refractivity contribution in [3.05, 3.63) is 47.8 Å². The van der Waals surface area contributed by atoms with E-state index in [4.69, 9.17) is 0 Å². The fourth-order valence-electron chi connectivity index (χ4n) is 1.72. The Hall–Kier alpha value is -1.71. The molecule has 0 radical (unpaired) electrons. The Balaban J connectivity index is 2.25. The Kier molecular flexibility index (Phi) is 2.96. The summed E-state index contributed by atoms with van der Waals surface area (Å²) in [6.45, 7) is 6.31. The van der Waals surface area contributed by atoms with Crippen LogP contribution in [0.2, 0.25) is 0 Å². The van der Waals surface area contributed by atoms with Gasteiger partial charge in [0.1, 0.15) is 18.0 Å². The standard InChI is InChI=1S/C13H16FN3/c1-13(2,3)17-9-15-16-12(17)8-10-4-6-11(14)7-5-10/h4-7,9H,8H2,1-3H3. The first-order chi connectivity index (χ1) is 7.97. The zero-order chi connectivity index (χ0) is 12.5. The second kappa shape index (κ2) is 4.28. The minimum Gasteiger partial charge on any atom is -0.312 e. The summed E-state index contributed by atoms with van der Waals surface area (Å²) in [5.74, 6) is 0.676. The van der Waals surface area contributed by atoms with Crippen LogP contribution in [0.25, 0.3) is 0 Å². The van der Waals surface area contributed by atoms with Crippen molar-refractivity contribution in [3.8, 4) is 0 Å². The molecule has 1 heterocycles. The summed E-state index contributed by atoms with van der Waals surface area (Å²) >= 11 is 0. The number of halogens is 1. The van der Waals surface area contributed by atoms with E-state index in [0.717, 1.165) is 11.4 Å². The molecule has 0 N–H and O–H groups in total. The molecular weight excluding hydrogens is 217 g/mol. The summed E-state index contributed by atoms with van der Waals surface area (Å²) in [5.41, 5.74) is 0.990. The molecule has 1 aromatic carbocycles. The van der Waals surface area contributed by atoms with Crippen LogP contribution in [0.1, 0.15) is 32.2 Å². The van der Waals surface area contributed by atoms with Crippen molar-refractivity contribution in [1.29, 1.82) is 0 Å². The van der Waals surface area contributed by atoms with Crippen LogP contribution in [0.3, 0.4) is 0 Å². The van der Waals surface area contributed by atoms with Gasteiger partial charge in [0, 0.05) is 12.0 Å². The lowest BCUT2D eigenvalue weighted by Gasteiger charge is -2.22. The highest BCUT2D eigenvalue weighted by Gasteiger charge is 2.17. The molecule has 17 heavy (non-hydrogen) atoms. The highest BCUT2D eigenvalue weighted by Crippen LogP contribution is 2.17. The predicted molar refractivity (Wildman–Crippen MR) is 64.2 cm³/mol. The number of hydrogen-bond donors (Lipinski definition) is 0. The first-order valence-electron chi connectivity index (χ1n) is 5.60. The fraction of sp³-hybridized carbons (Fsp3) is 0.385. The molecule has 2 rings (SSSR count). The third-order valence-electron chi connectivity index (χ3n) is 2.62. The molecule has 3 nitrogen and oxygen atoms in total. The molecule has 0 unspecified atom stereocenters. The molecule has 0 amide bonds. The van der Waals surface area contributed by atoms with Crippen LogP contribution in [0, 0.1) is 5.82 Å². The Morgan fingerprint density at radius 2 is 1.82 bits per heavy atom. The summed E-state index contributed by atoms with van der Waals surface area (Å²) in [4.78, 5) is 0. The van der Waals surface area contributed by atoms with Gasteiger partial charge in [-0.3, -0.25) is 0 Å². The summed E-state index contributed by atoms with van der Waals surface area (Å²) < 4.78 is 14.8. The molecule has 0 aliphatic rings.